The van der Waals surface area contributed by atoms with Crippen molar-refractivity contribution in [1.29, 1.82) is 5.26 Å². The topological polar surface area (TPSA) is 61.1 Å². The van der Waals surface area contributed by atoms with Crippen molar-refractivity contribution < 1.29 is 0 Å². The number of hydrogen-bond acceptors (Lipinski definition) is 2. The van der Waals surface area contributed by atoms with Gasteiger partial charge in [0, 0.05) is 11.9 Å². The van der Waals surface area contributed by atoms with E-state index < -0.39 is 0 Å². The fourth-order valence-electron chi connectivity index (χ4n) is 1.33. The predicted octanol–water partition coefficient (Wildman–Crippen LogP) is 0.808. The SMILES string of the molecule is Cc1[nH]c2cccn2c(=O)c1C#N. The van der Waals surface area contributed by atoms with Gasteiger partial charge in [0.15, 0.2) is 0 Å². The normalized spacial score (nSPS) is 10.2. The molecule has 0 aliphatic carbocycles. The molecule has 2 aromatic rings. The number of aromatic nitrogens is 2. The van der Waals surface area contributed by atoms with Gasteiger partial charge in [0.2, 0.25) is 0 Å². The maximum atomic E-state index is 11.6. The Hall–Kier alpha value is -2.02. The summed E-state index contributed by atoms with van der Waals surface area (Å²) in [6, 6.07) is 5.43. The van der Waals surface area contributed by atoms with E-state index in [9.17, 15) is 4.79 Å². The van der Waals surface area contributed by atoms with Gasteiger partial charge in [-0.25, -0.2) is 0 Å². The number of nitriles is 1. The highest BCUT2D eigenvalue weighted by Crippen LogP contribution is 2.02. The summed E-state index contributed by atoms with van der Waals surface area (Å²) < 4.78 is 1.42. The van der Waals surface area contributed by atoms with E-state index in [0.717, 1.165) is 0 Å². The quantitative estimate of drug-likeness (QED) is 0.640. The summed E-state index contributed by atoms with van der Waals surface area (Å²) in [4.78, 5) is 14.5. The van der Waals surface area contributed by atoms with Crippen LogP contribution in [0.15, 0.2) is 23.1 Å². The highest BCUT2D eigenvalue weighted by Gasteiger charge is 2.06. The molecule has 0 saturated carbocycles. The molecular weight excluding hydrogens is 166 g/mol. The first-order chi connectivity index (χ1) is 6.24. The monoisotopic (exact) mass is 173 g/mol. The fourth-order valence-corrected chi connectivity index (χ4v) is 1.33. The minimum Gasteiger partial charge on any atom is -0.344 e. The minimum atomic E-state index is -0.265. The summed E-state index contributed by atoms with van der Waals surface area (Å²) in [7, 11) is 0. The zero-order valence-corrected chi connectivity index (χ0v) is 7.03. The van der Waals surface area contributed by atoms with Gasteiger partial charge in [-0.2, -0.15) is 5.26 Å². The molecule has 13 heavy (non-hydrogen) atoms. The first-order valence-corrected chi connectivity index (χ1v) is 3.84. The van der Waals surface area contributed by atoms with Crippen molar-refractivity contribution in [1.82, 2.24) is 9.38 Å². The molecule has 0 radical (unpaired) electrons. The molecule has 64 valence electrons. The van der Waals surface area contributed by atoms with Crippen LogP contribution < -0.4 is 5.56 Å². The number of H-pyrrole nitrogens is 1. The van der Waals surface area contributed by atoms with Crippen molar-refractivity contribution in [3.8, 4) is 6.07 Å². The van der Waals surface area contributed by atoms with Crippen molar-refractivity contribution in [2.75, 3.05) is 0 Å². The zero-order chi connectivity index (χ0) is 9.42. The van der Waals surface area contributed by atoms with Gasteiger partial charge in [-0.1, -0.05) is 0 Å². The van der Waals surface area contributed by atoms with Crippen LogP contribution in [0.1, 0.15) is 11.3 Å². The zero-order valence-electron chi connectivity index (χ0n) is 7.03. The minimum absolute atomic E-state index is 0.170. The summed E-state index contributed by atoms with van der Waals surface area (Å²) >= 11 is 0. The van der Waals surface area contributed by atoms with Gasteiger partial charge in [0.05, 0.1) is 0 Å². The first-order valence-electron chi connectivity index (χ1n) is 3.84. The second-order valence-corrected chi connectivity index (χ2v) is 2.81. The Morgan fingerprint density at radius 2 is 2.38 bits per heavy atom. The Kier molecular flexibility index (Phi) is 1.46. The Morgan fingerprint density at radius 3 is 3.08 bits per heavy atom. The molecule has 0 saturated heterocycles. The van der Waals surface area contributed by atoms with Crippen LogP contribution in [0.25, 0.3) is 5.65 Å². The van der Waals surface area contributed by atoms with E-state index >= 15 is 0 Å². The molecule has 0 atom stereocenters. The van der Waals surface area contributed by atoms with Crippen molar-refractivity contribution >= 4 is 5.65 Å². The average molecular weight is 173 g/mol. The largest absolute Gasteiger partial charge is 0.344 e. The first kappa shape index (κ1) is 7.62. The Morgan fingerprint density at radius 1 is 1.62 bits per heavy atom. The van der Waals surface area contributed by atoms with Crippen LogP contribution in [-0.4, -0.2) is 9.38 Å². The third-order valence-corrected chi connectivity index (χ3v) is 1.98. The summed E-state index contributed by atoms with van der Waals surface area (Å²) in [5, 5.41) is 8.71. The van der Waals surface area contributed by atoms with Gasteiger partial charge >= 0.3 is 0 Å². The predicted molar refractivity (Wildman–Crippen MR) is 47.5 cm³/mol. The molecule has 0 unspecified atom stereocenters. The fraction of sp³-hybridized carbons (Fsp3) is 0.111. The lowest BCUT2D eigenvalue weighted by Gasteiger charge is -1.99. The second-order valence-electron chi connectivity index (χ2n) is 2.81. The van der Waals surface area contributed by atoms with Gasteiger partial charge < -0.3 is 4.98 Å². The van der Waals surface area contributed by atoms with Gasteiger partial charge in [-0.3, -0.25) is 9.20 Å². The Balaban J connectivity index is 3.04. The Bertz CT molecular complexity index is 556. The molecule has 2 heterocycles. The van der Waals surface area contributed by atoms with Crippen LogP contribution in [-0.2, 0) is 0 Å². The summed E-state index contributed by atoms with van der Waals surface area (Å²) in [6.45, 7) is 1.72. The van der Waals surface area contributed by atoms with Crippen molar-refractivity contribution in [2.24, 2.45) is 0 Å². The highest BCUT2D eigenvalue weighted by atomic mass is 16.1. The van der Waals surface area contributed by atoms with Crippen LogP contribution in [0, 0.1) is 18.3 Å². The maximum absolute atomic E-state index is 11.6. The molecule has 2 aromatic heterocycles. The molecule has 0 spiro atoms. The molecule has 0 amide bonds. The van der Waals surface area contributed by atoms with Crippen molar-refractivity contribution in [3.63, 3.8) is 0 Å². The molecule has 1 N–H and O–H groups in total. The average Bonchev–Trinajstić information content (AvgIpc) is 2.53. The highest BCUT2D eigenvalue weighted by molar-refractivity contribution is 5.44. The number of hydrogen-bond donors (Lipinski definition) is 1. The van der Waals surface area contributed by atoms with Crippen LogP contribution in [0.2, 0.25) is 0 Å². The number of nitrogens with one attached hydrogen (secondary N) is 1. The number of nitrogens with zero attached hydrogens (tertiary/aromatic N) is 2. The van der Waals surface area contributed by atoms with Crippen LogP contribution >= 0.6 is 0 Å². The molecule has 0 aliphatic heterocycles. The smallest absolute Gasteiger partial charge is 0.275 e. The summed E-state index contributed by atoms with van der Waals surface area (Å²) in [6.07, 6.45) is 1.63. The molecule has 0 aliphatic rings. The van der Waals surface area contributed by atoms with Crippen molar-refractivity contribution in [3.05, 3.63) is 39.9 Å². The van der Waals surface area contributed by atoms with Crippen LogP contribution in [0.4, 0.5) is 0 Å². The van der Waals surface area contributed by atoms with Crippen LogP contribution in [0.5, 0.6) is 0 Å². The third-order valence-electron chi connectivity index (χ3n) is 1.98. The summed E-state index contributed by atoms with van der Waals surface area (Å²) in [5.74, 6) is 0. The van der Waals surface area contributed by atoms with Gasteiger partial charge in [0.1, 0.15) is 17.3 Å². The lowest BCUT2D eigenvalue weighted by molar-refractivity contribution is 1.02. The van der Waals surface area contributed by atoms with Crippen LogP contribution in [0.3, 0.4) is 0 Å². The number of fused-ring (bicyclic) bond motifs is 1. The van der Waals surface area contributed by atoms with E-state index in [0.29, 0.717) is 11.3 Å². The molecule has 0 bridgehead atoms. The summed E-state index contributed by atoms with van der Waals surface area (Å²) in [5.41, 5.74) is 1.22. The third kappa shape index (κ3) is 0.942. The Labute approximate surface area is 74.1 Å². The van der Waals surface area contributed by atoms with E-state index in [1.807, 2.05) is 6.07 Å². The van der Waals surface area contributed by atoms with Gasteiger partial charge in [0.25, 0.3) is 5.56 Å². The second kappa shape index (κ2) is 2.49. The van der Waals surface area contributed by atoms with E-state index in [-0.39, 0.29) is 11.1 Å². The van der Waals surface area contributed by atoms with Gasteiger partial charge in [-0.15, -0.1) is 0 Å². The van der Waals surface area contributed by atoms with Gasteiger partial charge in [-0.05, 0) is 19.1 Å². The van der Waals surface area contributed by atoms with E-state index in [4.69, 9.17) is 5.26 Å². The number of aryl methyl sites for hydroxylation is 1. The lowest BCUT2D eigenvalue weighted by Crippen LogP contribution is -2.17. The van der Waals surface area contributed by atoms with E-state index in [2.05, 4.69) is 4.98 Å². The maximum Gasteiger partial charge on any atom is 0.275 e. The molecule has 0 aromatic carbocycles. The molecule has 4 heteroatoms. The number of rotatable bonds is 0. The molecule has 4 nitrogen and oxygen atoms in total. The lowest BCUT2D eigenvalue weighted by atomic mass is 10.2. The number of aromatic amines is 1. The molecule has 2 rings (SSSR count). The van der Waals surface area contributed by atoms with E-state index in [1.54, 1.807) is 25.3 Å². The van der Waals surface area contributed by atoms with Crippen molar-refractivity contribution in [2.45, 2.75) is 6.92 Å². The standard InChI is InChI=1S/C9H7N3O/c1-6-7(5-10)9(13)12-4-2-3-8(12)11-6/h2-4,11H,1H3. The molecule has 0 fully saturated rings. The molecular formula is C9H7N3O. The van der Waals surface area contributed by atoms with E-state index in [1.165, 1.54) is 4.40 Å².